The quantitative estimate of drug-likeness (QED) is 0.611. The van der Waals surface area contributed by atoms with Gasteiger partial charge in [0.25, 0.3) is 0 Å². The van der Waals surface area contributed by atoms with Gasteiger partial charge in [-0.2, -0.15) is 13.2 Å². The van der Waals surface area contributed by atoms with Gasteiger partial charge < -0.3 is 9.84 Å². The van der Waals surface area contributed by atoms with Gasteiger partial charge in [0.05, 0.1) is 0 Å². The highest BCUT2D eigenvalue weighted by Gasteiger charge is 2.40. The molecule has 0 rings (SSSR count). The summed E-state index contributed by atoms with van der Waals surface area (Å²) in [4.78, 5) is 0. The number of aliphatic hydroxyl groups excluding tert-OH is 1. The molecule has 62 valence electrons. The lowest BCUT2D eigenvalue weighted by Gasteiger charge is -2.19. The van der Waals surface area contributed by atoms with E-state index in [0.29, 0.717) is 0 Å². The predicted molar refractivity (Wildman–Crippen MR) is 28.2 cm³/mol. The first-order valence-corrected chi connectivity index (χ1v) is 2.67. The summed E-state index contributed by atoms with van der Waals surface area (Å²) in [6.07, 6.45) is -6.16. The van der Waals surface area contributed by atoms with E-state index < -0.39 is 18.4 Å². The van der Waals surface area contributed by atoms with E-state index in [1.807, 2.05) is 0 Å². The SMILES string of the molecule is COC(O)C(C)C(F)(F)F. The molecule has 0 heterocycles. The molecule has 0 fully saturated rings. The molecular formula is C5H9F3O2. The zero-order valence-electron chi connectivity index (χ0n) is 5.64. The Hall–Kier alpha value is -0.290. The summed E-state index contributed by atoms with van der Waals surface area (Å²) in [5, 5.41) is 8.52. The molecule has 0 saturated carbocycles. The van der Waals surface area contributed by atoms with Crippen molar-refractivity contribution >= 4 is 0 Å². The first-order valence-electron chi connectivity index (χ1n) is 2.67. The van der Waals surface area contributed by atoms with Crippen molar-refractivity contribution in [3.05, 3.63) is 0 Å². The molecule has 5 heteroatoms. The highest BCUT2D eigenvalue weighted by molar-refractivity contribution is 4.63. The van der Waals surface area contributed by atoms with Gasteiger partial charge in [-0.1, -0.05) is 0 Å². The van der Waals surface area contributed by atoms with Crippen molar-refractivity contribution < 1.29 is 23.0 Å². The average molecular weight is 158 g/mol. The molecule has 0 aliphatic carbocycles. The van der Waals surface area contributed by atoms with Crippen LogP contribution in [0.25, 0.3) is 0 Å². The molecule has 2 unspecified atom stereocenters. The Labute approximate surface area is 56.6 Å². The summed E-state index contributed by atoms with van der Waals surface area (Å²) in [7, 11) is 1.02. The number of aliphatic hydroxyl groups is 1. The lowest BCUT2D eigenvalue weighted by atomic mass is 10.2. The van der Waals surface area contributed by atoms with Gasteiger partial charge in [-0.05, 0) is 6.92 Å². The van der Waals surface area contributed by atoms with Crippen molar-refractivity contribution in [2.75, 3.05) is 7.11 Å². The minimum Gasteiger partial charge on any atom is -0.367 e. The van der Waals surface area contributed by atoms with E-state index in [4.69, 9.17) is 5.11 Å². The zero-order chi connectivity index (χ0) is 8.36. The van der Waals surface area contributed by atoms with Gasteiger partial charge in [0.15, 0.2) is 6.29 Å². The first-order chi connectivity index (χ1) is 4.39. The van der Waals surface area contributed by atoms with Gasteiger partial charge in [-0.15, -0.1) is 0 Å². The molecule has 0 amide bonds. The monoisotopic (exact) mass is 158 g/mol. The second kappa shape index (κ2) is 3.21. The highest BCUT2D eigenvalue weighted by atomic mass is 19.4. The Kier molecular flexibility index (Phi) is 3.11. The van der Waals surface area contributed by atoms with Crippen LogP contribution in [-0.4, -0.2) is 24.7 Å². The van der Waals surface area contributed by atoms with E-state index in [9.17, 15) is 13.2 Å². The number of alkyl halides is 3. The third kappa shape index (κ3) is 2.53. The summed E-state index contributed by atoms with van der Waals surface area (Å²) < 4.78 is 39.0. The molecule has 2 nitrogen and oxygen atoms in total. The number of hydrogen-bond acceptors (Lipinski definition) is 2. The summed E-state index contributed by atoms with van der Waals surface area (Å²) in [6, 6.07) is 0. The molecule has 1 N–H and O–H groups in total. The van der Waals surface area contributed by atoms with Crippen molar-refractivity contribution in [2.45, 2.75) is 19.4 Å². The maximum absolute atomic E-state index is 11.6. The maximum atomic E-state index is 11.6. The summed E-state index contributed by atoms with van der Waals surface area (Å²) in [5.41, 5.74) is 0. The Bertz CT molecular complexity index is 102. The maximum Gasteiger partial charge on any atom is 0.396 e. The van der Waals surface area contributed by atoms with Crippen LogP contribution in [0.1, 0.15) is 6.92 Å². The standard InChI is InChI=1S/C5H9F3O2/c1-3(4(9)10-2)5(6,7)8/h3-4,9H,1-2H3. The molecule has 10 heavy (non-hydrogen) atoms. The summed E-state index contributed by atoms with van der Waals surface area (Å²) in [6.45, 7) is 0.855. The van der Waals surface area contributed by atoms with Crippen molar-refractivity contribution in [3.63, 3.8) is 0 Å². The second-order valence-corrected chi connectivity index (χ2v) is 1.96. The topological polar surface area (TPSA) is 29.5 Å². The molecule has 0 spiro atoms. The number of rotatable bonds is 2. The molecule has 0 radical (unpaired) electrons. The molecule has 0 aliphatic rings. The zero-order valence-corrected chi connectivity index (χ0v) is 5.64. The van der Waals surface area contributed by atoms with Gasteiger partial charge in [0.2, 0.25) is 0 Å². The Morgan fingerprint density at radius 3 is 1.90 bits per heavy atom. The van der Waals surface area contributed by atoms with Crippen molar-refractivity contribution in [3.8, 4) is 0 Å². The minimum absolute atomic E-state index is 0.855. The van der Waals surface area contributed by atoms with Crippen LogP contribution >= 0.6 is 0 Å². The van der Waals surface area contributed by atoms with E-state index in [1.165, 1.54) is 0 Å². The van der Waals surface area contributed by atoms with E-state index in [1.54, 1.807) is 0 Å². The van der Waals surface area contributed by atoms with E-state index >= 15 is 0 Å². The van der Waals surface area contributed by atoms with Gasteiger partial charge in [0, 0.05) is 7.11 Å². The van der Waals surface area contributed by atoms with Crippen LogP contribution in [-0.2, 0) is 4.74 Å². The average Bonchev–Trinajstić information content (AvgIpc) is 1.83. The fourth-order valence-electron chi connectivity index (χ4n) is 0.366. The van der Waals surface area contributed by atoms with Crippen LogP contribution in [0.4, 0.5) is 13.2 Å². The second-order valence-electron chi connectivity index (χ2n) is 1.96. The smallest absolute Gasteiger partial charge is 0.367 e. The molecule has 0 bridgehead atoms. The summed E-state index contributed by atoms with van der Waals surface area (Å²) in [5.74, 6) is -1.84. The van der Waals surface area contributed by atoms with Gasteiger partial charge in [0.1, 0.15) is 5.92 Å². The van der Waals surface area contributed by atoms with Crippen LogP contribution < -0.4 is 0 Å². The number of halogens is 3. The third-order valence-corrected chi connectivity index (χ3v) is 1.19. The van der Waals surface area contributed by atoms with Crippen LogP contribution in [0, 0.1) is 5.92 Å². The van der Waals surface area contributed by atoms with Gasteiger partial charge in [-0.25, -0.2) is 0 Å². The molecule has 0 saturated heterocycles. The Morgan fingerprint density at radius 2 is 1.80 bits per heavy atom. The van der Waals surface area contributed by atoms with Gasteiger partial charge >= 0.3 is 6.18 Å². The number of hydrogen-bond donors (Lipinski definition) is 1. The summed E-state index contributed by atoms with van der Waals surface area (Å²) >= 11 is 0. The van der Waals surface area contributed by atoms with Crippen LogP contribution in [0.2, 0.25) is 0 Å². The Morgan fingerprint density at radius 1 is 1.40 bits per heavy atom. The van der Waals surface area contributed by atoms with Crippen LogP contribution in [0.5, 0.6) is 0 Å². The normalized spacial score (nSPS) is 18.6. The van der Waals surface area contributed by atoms with E-state index in [0.717, 1.165) is 14.0 Å². The van der Waals surface area contributed by atoms with Crippen molar-refractivity contribution in [1.29, 1.82) is 0 Å². The van der Waals surface area contributed by atoms with E-state index in [-0.39, 0.29) is 0 Å². The fourth-order valence-corrected chi connectivity index (χ4v) is 0.366. The molecule has 0 aromatic carbocycles. The van der Waals surface area contributed by atoms with E-state index in [2.05, 4.69) is 4.74 Å². The lowest BCUT2D eigenvalue weighted by Crippen LogP contribution is -2.32. The largest absolute Gasteiger partial charge is 0.396 e. The van der Waals surface area contributed by atoms with Crippen molar-refractivity contribution in [2.24, 2.45) is 5.92 Å². The molecular weight excluding hydrogens is 149 g/mol. The fraction of sp³-hybridized carbons (Fsp3) is 1.00. The third-order valence-electron chi connectivity index (χ3n) is 1.19. The van der Waals surface area contributed by atoms with Crippen LogP contribution in [0.3, 0.4) is 0 Å². The molecule has 0 aromatic heterocycles. The van der Waals surface area contributed by atoms with Gasteiger partial charge in [-0.3, -0.25) is 0 Å². The molecule has 0 aromatic rings. The number of ether oxygens (including phenoxy) is 1. The predicted octanol–water partition coefficient (Wildman–Crippen LogP) is 1.15. The Balaban J connectivity index is 3.94. The molecule has 0 aliphatic heterocycles. The molecule has 2 atom stereocenters. The van der Waals surface area contributed by atoms with Crippen LogP contribution in [0.15, 0.2) is 0 Å². The lowest BCUT2D eigenvalue weighted by molar-refractivity contribution is -0.239. The minimum atomic E-state index is -4.39. The van der Waals surface area contributed by atoms with Crippen molar-refractivity contribution in [1.82, 2.24) is 0 Å². The highest BCUT2D eigenvalue weighted by Crippen LogP contribution is 2.28. The first kappa shape index (κ1) is 9.71. The number of methoxy groups -OCH3 is 1.